The first kappa shape index (κ1) is 11.0. The van der Waals surface area contributed by atoms with Gasteiger partial charge in [0.25, 0.3) is 0 Å². The molecular weight excluding hydrogens is 178 g/mol. The van der Waals surface area contributed by atoms with Gasteiger partial charge in [-0.15, -0.1) is 6.58 Å². The molecule has 4 N–H and O–H groups in total. The maximum Gasteiger partial charge on any atom is 0.139 e. The molecule has 0 amide bonds. The molecule has 1 aliphatic carbocycles. The third kappa shape index (κ3) is 3.38. The third-order valence-corrected chi connectivity index (χ3v) is 2.67. The monoisotopic (exact) mass is 197 g/mol. The van der Waals surface area contributed by atoms with E-state index in [0.717, 1.165) is 19.5 Å². The van der Waals surface area contributed by atoms with Gasteiger partial charge in [0.1, 0.15) is 5.84 Å². The van der Waals surface area contributed by atoms with Crippen LogP contribution in [-0.4, -0.2) is 24.1 Å². The van der Waals surface area contributed by atoms with Crippen molar-refractivity contribution in [3.8, 4) is 0 Å². The summed E-state index contributed by atoms with van der Waals surface area (Å²) in [6, 6.07) is 0. The lowest BCUT2D eigenvalue weighted by Gasteiger charge is -2.14. The number of amidine groups is 1. The first-order valence-corrected chi connectivity index (χ1v) is 5.00. The summed E-state index contributed by atoms with van der Waals surface area (Å²) in [5.41, 5.74) is 5.75. The van der Waals surface area contributed by atoms with Gasteiger partial charge in [-0.3, -0.25) is 0 Å². The van der Waals surface area contributed by atoms with Crippen molar-refractivity contribution in [2.45, 2.75) is 25.7 Å². The number of rotatable bonds is 7. The number of oxime groups is 1. The minimum absolute atomic E-state index is 0.261. The molecular formula is C10H19N3O. The Labute approximate surface area is 84.9 Å². The van der Waals surface area contributed by atoms with E-state index in [2.05, 4.69) is 17.1 Å². The van der Waals surface area contributed by atoms with Crippen molar-refractivity contribution in [1.82, 2.24) is 5.32 Å². The summed E-state index contributed by atoms with van der Waals surface area (Å²) in [7, 11) is 0. The van der Waals surface area contributed by atoms with Gasteiger partial charge in [0.2, 0.25) is 0 Å². The Hall–Kier alpha value is -1.03. The van der Waals surface area contributed by atoms with Gasteiger partial charge < -0.3 is 16.3 Å². The topological polar surface area (TPSA) is 70.6 Å². The molecule has 0 spiro atoms. The Morgan fingerprint density at radius 2 is 2.36 bits per heavy atom. The highest BCUT2D eigenvalue weighted by atomic mass is 16.4. The van der Waals surface area contributed by atoms with Gasteiger partial charge in [-0.05, 0) is 31.2 Å². The van der Waals surface area contributed by atoms with E-state index in [1.165, 1.54) is 12.8 Å². The van der Waals surface area contributed by atoms with Crippen molar-refractivity contribution in [2.75, 3.05) is 13.1 Å². The highest BCUT2D eigenvalue weighted by Gasteiger charge is 2.42. The van der Waals surface area contributed by atoms with Gasteiger partial charge in [-0.25, -0.2) is 0 Å². The van der Waals surface area contributed by atoms with Gasteiger partial charge >= 0.3 is 0 Å². The largest absolute Gasteiger partial charge is 0.409 e. The lowest BCUT2D eigenvalue weighted by Crippen LogP contribution is -2.28. The molecule has 4 nitrogen and oxygen atoms in total. The molecule has 1 aliphatic rings. The maximum atomic E-state index is 8.46. The molecule has 0 heterocycles. The zero-order valence-corrected chi connectivity index (χ0v) is 8.50. The molecule has 1 rings (SSSR count). The fraction of sp³-hybridized carbons (Fsp3) is 0.700. The number of nitrogens with two attached hydrogens (primary N) is 1. The van der Waals surface area contributed by atoms with Crippen LogP contribution in [0.5, 0.6) is 0 Å². The standard InChI is InChI=1S/C10H19N3O/c1-2-3-6-12-8-10(4-5-10)7-9(11)13-14/h2,12,14H,1,3-8H2,(H2,11,13). The van der Waals surface area contributed by atoms with E-state index in [4.69, 9.17) is 10.9 Å². The van der Waals surface area contributed by atoms with Crippen LogP contribution >= 0.6 is 0 Å². The van der Waals surface area contributed by atoms with Crippen LogP contribution in [0.1, 0.15) is 25.7 Å². The maximum absolute atomic E-state index is 8.46. The van der Waals surface area contributed by atoms with Crippen molar-refractivity contribution >= 4 is 5.84 Å². The summed E-state index contributed by atoms with van der Waals surface area (Å²) in [6.07, 6.45) is 5.93. The van der Waals surface area contributed by atoms with Crippen LogP contribution in [0.25, 0.3) is 0 Å². The molecule has 80 valence electrons. The first-order valence-electron chi connectivity index (χ1n) is 5.00. The zero-order chi connectivity index (χ0) is 10.4. The highest BCUT2D eigenvalue weighted by molar-refractivity contribution is 5.80. The molecule has 0 atom stereocenters. The molecule has 14 heavy (non-hydrogen) atoms. The van der Waals surface area contributed by atoms with Gasteiger partial charge in [0.05, 0.1) is 0 Å². The SMILES string of the molecule is C=CCCNCC1(C/C(N)=N\O)CC1. The lowest BCUT2D eigenvalue weighted by atomic mass is 10.0. The van der Waals surface area contributed by atoms with E-state index in [0.29, 0.717) is 12.3 Å². The summed E-state index contributed by atoms with van der Waals surface area (Å²) in [5, 5.41) is 14.8. The second kappa shape index (κ2) is 5.00. The van der Waals surface area contributed by atoms with Crippen molar-refractivity contribution in [2.24, 2.45) is 16.3 Å². The molecule has 0 bridgehead atoms. The summed E-state index contributed by atoms with van der Waals surface area (Å²) in [4.78, 5) is 0. The average Bonchev–Trinajstić information content (AvgIpc) is 2.93. The van der Waals surface area contributed by atoms with Crippen LogP contribution in [0.2, 0.25) is 0 Å². The lowest BCUT2D eigenvalue weighted by molar-refractivity contribution is 0.314. The molecule has 0 aromatic heterocycles. The third-order valence-electron chi connectivity index (χ3n) is 2.67. The normalized spacial score (nSPS) is 19.3. The summed E-state index contributed by atoms with van der Waals surface area (Å²) in [5.74, 6) is 0.341. The van der Waals surface area contributed by atoms with Crippen LogP contribution < -0.4 is 11.1 Å². The van der Waals surface area contributed by atoms with Gasteiger partial charge in [0.15, 0.2) is 0 Å². The Balaban J connectivity index is 2.19. The molecule has 1 fully saturated rings. The minimum atomic E-state index is 0.261. The Morgan fingerprint density at radius 3 is 2.86 bits per heavy atom. The molecule has 1 saturated carbocycles. The van der Waals surface area contributed by atoms with E-state index < -0.39 is 0 Å². The second-order valence-corrected chi connectivity index (χ2v) is 4.02. The Bertz CT molecular complexity index is 221. The number of nitrogens with zero attached hydrogens (tertiary/aromatic N) is 1. The van der Waals surface area contributed by atoms with Gasteiger partial charge in [-0.2, -0.15) is 0 Å². The quantitative estimate of drug-likeness (QED) is 0.143. The number of nitrogens with one attached hydrogen (secondary N) is 1. The fourth-order valence-corrected chi connectivity index (χ4v) is 1.57. The zero-order valence-electron chi connectivity index (χ0n) is 8.50. The average molecular weight is 197 g/mol. The molecule has 0 unspecified atom stereocenters. The first-order chi connectivity index (χ1) is 6.72. The molecule has 0 radical (unpaired) electrons. The van der Waals surface area contributed by atoms with Gasteiger partial charge in [-0.1, -0.05) is 11.2 Å². The second-order valence-electron chi connectivity index (χ2n) is 4.02. The van der Waals surface area contributed by atoms with E-state index in [1.807, 2.05) is 6.08 Å². The predicted molar refractivity (Wildman–Crippen MR) is 57.4 cm³/mol. The van der Waals surface area contributed by atoms with Crippen molar-refractivity contribution in [3.05, 3.63) is 12.7 Å². The van der Waals surface area contributed by atoms with Crippen molar-refractivity contribution in [3.63, 3.8) is 0 Å². The smallest absolute Gasteiger partial charge is 0.139 e. The number of hydrogen-bond acceptors (Lipinski definition) is 3. The summed E-state index contributed by atoms with van der Waals surface area (Å²) in [6.45, 7) is 5.57. The predicted octanol–water partition coefficient (Wildman–Crippen LogP) is 1.07. The Kier molecular flexibility index (Phi) is 3.95. The van der Waals surface area contributed by atoms with E-state index in [9.17, 15) is 0 Å². The van der Waals surface area contributed by atoms with Crippen LogP contribution in [-0.2, 0) is 0 Å². The van der Waals surface area contributed by atoms with E-state index in [1.54, 1.807) is 0 Å². The minimum Gasteiger partial charge on any atom is -0.409 e. The van der Waals surface area contributed by atoms with E-state index in [-0.39, 0.29) is 5.41 Å². The Morgan fingerprint density at radius 1 is 1.64 bits per heavy atom. The molecule has 0 saturated heterocycles. The van der Waals surface area contributed by atoms with Crippen molar-refractivity contribution < 1.29 is 5.21 Å². The highest BCUT2D eigenvalue weighted by Crippen LogP contribution is 2.48. The van der Waals surface area contributed by atoms with Crippen LogP contribution in [0.4, 0.5) is 0 Å². The molecule has 0 aromatic carbocycles. The summed E-state index contributed by atoms with van der Waals surface area (Å²) >= 11 is 0. The molecule has 4 heteroatoms. The van der Waals surface area contributed by atoms with Crippen LogP contribution in [0, 0.1) is 5.41 Å². The van der Waals surface area contributed by atoms with E-state index >= 15 is 0 Å². The van der Waals surface area contributed by atoms with Crippen LogP contribution in [0.3, 0.4) is 0 Å². The fourth-order valence-electron chi connectivity index (χ4n) is 1.57. The molecule has 0 aliphatic heterocycles. The van der Waals surface area contributed by atoms with Crippen LogP contribution in [0.15, 0.2) is 17.8 Å². The molecule has 0 aromatic rings. The summed E-state index contributed by atoms with van der Waals surface area (Å²) < 4.78 is 0. The number of hydrogen-bond donors (Lipinski definition) is 3. The van der Waals surface area contributed by atoms with Gasteiger partial charge in [0, 0.05) is 13.0 Å². The van der Waals surface area contributed by atoms with Crippen molar-refractivity contribution in [1.29, 1.82) is 0 Å².